The minimum atomic E-state index is -0.292. The molecule has 0 N–H and O–H groups in total. The molecule has 0 aromatic carbocycles. The number of hydrogen-bond acceptors (Lipinski definition) is 4. The van der Waals surface area contributed by atoms with Gasteiger partial charge in [0.25, 0.3) is 0 Å². The molecule has 0 radical (unpaired) electrons. The van der Waals surface area contributed by atoms with Crippen LogP contribution in [0.15, 0.2) is 4.60 Å². The molecule has 0 fully saturated rings. The fourth-order valence-electron chi connectivity index (χ4n) is 1.61. The number of rotatable bonds is 5. The normalized spacial score (nSPS) is 12.5. The van der Waals surface area contributed by atoms with Gasteiger partial charge >= 0.3 is 5.97 Å². The van der Waals surface area contributed by atoms with Gasteiger partial charge in [-0.25, -0.2) is 0 Å². The number of ether oxygens (including phenoxy) is 1. The molecule has 0 aliphatic rings. The zero-order chi connectivity index (χ0) is 12.1. The molecule has 1 heterocycles. The number of hydrogen-bond donors (Lipinski definition) is 0. The summed E-state index contributed by atoms with van der Waals surface area (Å²) in [6.07, 6.45) is 1.64. The van der Waals surface area contributed by atoms with Crippen molar-refractivity contribution in [1.82, 2.24) is 15.0 Å². The maximum Gasteiger partial charge on any atom is 0.315 e. The van der Waals surface area contributed by atoms with Crippen molar-refractivity contribution >= 4 is 21.9 Å². The molecule has 0 saturated heterocycles. The topological polar surface area (TPSA) is 57.0 Å². The molecule has 0 amide bonds. The summed E-state index contributed by atoms with van der Waals surface area (Å²) in [6.45, 7) is 4.23. The smallest absolute Gasteiger partial charge is 0.315 e. The van der Waals surface area contributed by atoms with Crippen molar-refractivity contribution in [2.45, 2.75) is 32.6 Å². The molecule has 1 rings (SSSR count). The number of nitrogens with zero attached hydrogens (tertiary/aromatic N) is 3. The molecule has 0 aliphatic heterocycles. The molecule has 90 valence electrons. The molecule has 6 heteroatoms. The lowest BCUT2D eigenvalue weighted by atomic mass is 10.0. The van der Waals surface area contributed by atoms with Crippen molar-refractivity contribution in [3.63, 3.8) is 0 Å². The lowest BCUT2D eigenvalue weighted by Gasteiger charge is -2.14. The Morgan fingerprint density at radius 3 is 2.69 bits per heavy atom. The molecule has 0 aliphatic carbocycles. The van der Waals surface area contributed by atoms with Gasteiger partial charge in [0.2, 0.25) is 0 Å². The summed E-state index contributed by atoms with van der Waals surface area (Å²) in [6, 6.07) is 0. The summed E-state index contributed by atoms with van der Waals surface area (Å²) in [7, 11) is 1.77. The average molecular weight is 290 g/mol. The lowest BCUT2D eigenvalue weighted by Crippen LogP contribution is -2.19. The summed E-state index contributed by atoms with van der Waals surface area (Å²) in [5.74, 6) is -0.505. The number of esters is 1. The molecule has 1 unspecified atom stereocenters. The third-order valence-electron chi connectivity index (χ3n) is 2.31. The van der Waals surface area contributed by atoms with Crippen LogP contribution in [0.25, 0.3) is 0 Å². The van der Waals surface area contributed by atoms with E-state index in [0.717, 1.165) is 18.5 Å². The quantitative estimate of drug-likeness (QED) is 0.778. The Hall–Kier alpha value is -0.910. The van der Waals surface area contributed by atoms with Crippen LogP contribution in [0.4, 0.5) is 0 Å². The molecule has 1 aromatic heterocycles. The summed E-state index contributed by atoms with van der Waals surface area (Å²) >= 11 is 3.30. The zero-order valence-corrected chi connectivity index (χ0v) is 11.3. The van der Waals surface area contributed by atoms with Crippen LogP contribution < -0.4 is 0 Å². The van der Waals surface area contributed by atoms with Crippen LogP contribution >= 0.6 is 15.9 Å². The summed E-state index contributed by atoms with van der Waals surface area (Å²) in [5, 5.41) is 7.76. The van der Waals surface area contributed by atoms with Gasteiger partial charge in [-0.1, -0.05) is 18.6 Å². The second-order valence-electron chi connectivity index (χ2n) is 3.48. The monoisotopic (exact) mass is 289 g/mol. The highest BCUT2D eigenvalue weighted by atomic mass is 79.9. The average Bonchev–Trinajstić information content (AvgIpc) is 2.56. The SMILES string of the molecule is CCCC(C(=O)OCC)c1c(Br)nnn1C. The Morgan fingerprint density at radius 1 is 1.56 bits per heavy atom. The van der Waals surface area contributed by atoms with Crippen LogP contribution in [0, 0.1) is 0 Å². The Balaban J connectivity index is 2.97. The third-order valence-corrected chi connectivity index (χ3v) is 2.87. The van der Waals surface area contributed by atoms with Gasteiger partial charge in [-0.2, -0.15) is 0 Å². The van der Waals surface area contributed by atoms with E-state index < -0.39 is 0 Å². The van der Waals surface area contributed by atoms with Crippen molar-refractivity contribution < 1.29 is 9.53 Å². The summed E-state index contributed by atoms with van der Waals surface area (Å²) in [5.41, 5.74) is 0.778. The van der Waals surface area contributed by atoms with E-state index in [1.165, 1.54) is 0 Å². The Kier molecular flexibility index (Phi) is 4.92. The second-order valence-corrected chi connectivity index (χ2v) is 4.23. The van der Waals surface area contributed by atoms with Gasteiger partial charge in [0.15, 0.2) is 4.60 Å². The molecule has 16 heavy (non-hydrogen) atoms. The van der Waals surface area contributed by atoms with E-state index in [9.17, 15) is 4.79 Å². The number of halogens is 1. The van der Waals surface area contributed by atoms with E-state index in [4.69, 9.17) is 4.74 Å². The molecular formula is C10H16BrN3O2. The van der Waals surface area contributed by atoms with E-state index in [0.29, 0.717) is 11.2 Å². The molecule has 0 bridgehead atoms. The van der Waals surface area contributed by atoms with E-state index in [1.807, 2.05) is 6.92 Å². The van der Waals surface area contributed by atoms with E-state index in [-0.39, 0.29) is 11.9 Å². The lowest BCUT2D eigenvalue weighted by molar-refractivity contribution is -0.145. The molecule has 0 spiro atoms. The Labute approximate surface area is 103 Å². The Morgan fingerprint density at radius 2 is 2.25 bits per heavy atom. The predicted molar refractivity (Wildman–Crippen MR) is 63.0 cm³/mol. The van der Waals surface area contributed by atoms with E-state index >= 15 is 0 Å². The molecule has 5 nitrogen and oxygen atoms in total. The fraction of sp³-hybridized carbons (Fsp3) is 0.700. The first kappa shape index (κ1) is 13.2. The van der Waals surface area contributed by atoms with Gasteiger partial charge in [-0.15, -0.1) is 5.10 Å². The molecule has 0 saturated carbocycles. The van der Waals surface area contributed by atoms with Crippen molar-refractivity contribution in [1.29, 1.82) is 0 Å². The van der Waals surface area contributed by atoms with Crippen molar-refractivity contribution in [3.05, 3.63) is 10.3 Å². The maximum absolute atomic E-state index is 11.8. The Bertz CT molecular complexity index is 345. The van der Waals surface area contributed by atoms with Gasteiger partial charge in [0.1, 0.15) is 5.92 Å². The minimum absolute atomic E-state index is 0.213. The first-order valence-corrected chi connectivity index (χ1v) is 6.12. The fourth-order valence-corrected chi connectivity index (χ4v) is 2.21. The minimum Gasteiger partial charge on any atom is -0.465 e. The first-order valence-electron chi connectivity index (χ1n) is 5.33. The van der Waals surface area contributed by atoms with Crippen molar-refractivity contribution in [2.75, 3.05) is 6.61 Å². The van der Waals surface area contributed by atoms with Crippen LogP contribution in [0.1, 0.15) is 38.3 Å². The standard InChI is InChI=1S/C10H16BrN3O2/c1-4-6-7(10(15)16-5-2)8-9(11)12-13-14(8)3/h7H,4-6H2,1-3H3. The highest BCUT2D eigenvalue weighted by Crippen LogP contribution is 2.27. The van der Waals surface area contributed by atoms with Crippen LogP contribution in [-0.4, -0.2) is 27.6 Å². The molecule has 1 atom stereocenters. The maximum atomic E-state index is 11.8. The highest BCUT2D eigenvalue weighted by Gasteiger charge is 2.27. The number of carbonyl (C=O) groups is 1. The van der Waals surface area contributed by atoms with Crippen molar-refractivity contribution in [2.24, 2.45) is 7.05 Å². The number of aromatic nitrogens is 3. The van der Waals surface area contributed by atoms with Crippen molar-refractivity contribution in [3.8, 4) is 0 Å². The zero-order valence-electron chi connectivity index (χ0n) is 9.73. The van der Waals surface area contributed by atoms with Gasteiger partial charge in [0, 0.05) is 7.05 Å². The van der Waals surface area contributed by atoms with Crippen LogP contribution in [-0.2, 0) is 16.6 Å². The number of aryl methyl sites for hydroxylation is 1. The highest BCUT2D eigenvalue weighted by molar-refractivity contribution is 9.10. The predicted octanol–water partition coefficient (Wildman–Crippen LogP) is 2.02. The van der Waals surface area contributed by atoms with E-state index in [2.05, 4.69) is 26.2 Å². The number of carbonyl (C=O) groups excluding carboxylic acids is 1. The van der Waals surface area contributed by atoms with E-state index in [1.54, 1.807) is 18.7 Å². The summed E-state index contributed by atoms with van der Waals surface area (Å²) in [4.78, 5) is 11.8. The largest absolute Gasteiger partial charge is 0.465 e. The van der Waals surface area contributed by atoms with Gasteiger partial charge in [-0.3, -0.25) is 9.48 Å². The van der Waals surface area contributed by atoms with Gasteiger partial charge < -0.3 is 4.74 Å². The second kappa shape index (κ2) is 5.98. The first-order chi connectivity index (χ1) is 7.61. The van der Waals surface area contributed by atoms with Crippen LogP contribution in [0.5, 0.6) is 0 Å². The van der Waals surface area contributed by atoms with Crippen LogP contribution in [0.2, 0.25) is 0 Å². The van der Waals surface area contributed by atoms with Crippen LogP contribution in [0.3, 0.4) is 0 Å². The summed E-state index contributed by atoms with van der Waals surface area (Å²) < 4.78 is 7.29. The molecule has 1 aromatic rings. The third kappa shape index (κ3) is 2.81. The van der Waals surface area contributed by atoms with Gasteiger partial charge in [-0.05, 0) is 29.3 Å². The van der Waals surface area contributed by atoms with Gasteiger partial charge in [0.05, 0.1) is 12.3 Å². The molecular weight excluding hydrogens is 274 g/mol.